The third-order valence-corrected chi connectivity index (χ3v) is 8.50. The molecule has 4 aromatic rings. The number of halogens is 1. The van der Waals surface area contributed by atoms with Gasteiger partial charge in [0.05, 0.1) is 28.0 Å². The highest BCUT2D eigenvalue weighted by molar-refractivity contribution is 7.22. The number of rotatable bonds is 4. The van der Waals surface area contributed by atoms with Crippen LogP contribution < -0.4 is 10.2 Å². The number of fused-ring (bicyclic) bond motifs is 4. The topological polar surface area (TPSA) is 79.2 Å². The van der Waals surface area contributed by atoms with Gasteiger partial charge >= 0.3 is 6.03 Å². The maximum atomic E-state index is 13.3. The number of nitrogens with zero attached hydrogens (tertiary/aromatic N) is 6. The molecule has 0 radical (unpaired) electrons. The Morgan fingerprint density at radius 2 is 1.94 bits per heavy atom. The van der Waals surface area contributed by atoms with Crippen molar-refractivity contribution in [2.45, 2.75) is 44.8 Å². The number of aryl methyl sites for hydroxylation is 2. The fourth-order valence-electron chi connectivity index (χ4n) is 5.46. The predicted molar refractivity (Wildman–Crippen MR) is 139 cm³/mol. The summed E-state index contributed by atoms with van der Waals surface area (Å²) in [6.07, 6.45) is 5.67. The van der Waals surface area contributed by atoms with E-state index in [1.165, 1.54) is 12.1 Å². The lowest BCUT2D eigenvalue weighted by atomic mass is 9.91. The smallest absolute Gasteiger partial charge is 0.318 e. The summed E-state index contributed by atoms with van der Waals surface area (Å²) in [6, 6.07) is 8.44. The maximum absolute atomic E-state index is 13.3. The van der Waals surface area contributed by atoms with E-state index in [1.807, 2.05) is 36.7 Å². The zero-order valence-electron chi connectivity index (χ0n) is 20.5. The highest BCUT2D eigenvalue weighted by atomic mass is 32.1. The SMILES string of the molecule is Cc1nn(C)cc1-c1cc2ncnc(N3CC4CCC3CN4C(=O)N[C@H](C)c3ccc(F)cc3)c2s1. The van der Waals surface area contributed by atoms with Crippen LogP contribution in [0.3, 0.4) is 0 Å². The molecular weight excluding hydrogens is 477 g/mol. The highest BCUT2D eigenvalue weighted by Crippen LogP contribution is 2.41. The van der Waals surface area contributed by atoms with Gasteiger partial charge in [-0.2, -0.15) is 5.10 Å². The molecule has 3 fully saturated rings. The number of benzene rings is 1. The van der Waals surface area contributed by atoms with Crippen molar-refractivity contribution in [2.24, 2.45) is 7.05 Å². The molecule has 2 unspecified atom stereocenters. The summed E-state index contributed by atoms with van der Waals surface area (Å²) in [5.74, 6) is 0.671. The summed E-state index contributed by atoms with van der Waals surface area (Å²) in [4.78, 5) is 27.9. The van der Waals surface area contributed by atoms with Gasteiger partial charge in [0.1, 0.15) is 18.0 Å². The van der Waals surface area contributed by atoms with Gasteiger partial charge in [-0.05, 0) is 50.5 Å². The lowest BCUT2D eigenvalue weighted by Crippen LogP contribution is -2.65. The van der Waals surface area contributed by atoms with Crippen LogP contribution in [0.15, 0.2) is 42.9 Å². The molecule has 2 amide bonds. The third-order valence-electron chi connectivity index (χ3n) is 7.34. The summed E-state index contributed by atoms with van der Waals surface area (Å²) in [5.41, 5.74) is 3.93. The molecule has 7 rings (SSSR count). The van der Waals surface area contributed by atoms with Gasteiger partial charge in [0.25, 0.3) is 0 Å². The fraction of sp³-hybridized carbons (Fsp3) is 0.385. The molecule has 0 saturated carbocycles. The van der Waals surface area contributed by atoms with Crippen molar-refractivity contribution < 1.29 is 9.18 Å². The van der Waals surface area contributed by atoms with Crippen molar-refractivity contribution in [3.05, 3.63) is 59.9 Å². The van der Waals surface area contributed by atoms with Crippen molar-refractivity contribution in [3.8, 4) is 10.4 Å². The number of thiophene rings is 1. The number of carbonyl (C=O) groups excluding carboxylic acids is 1. The molecule has 2 bridgehead atoms. The molecule has 1 N–H and O–H groups in total. The zero-order valence-corrected chi connectivity index (χ0v) is 21.3. The normalized spacial score (nSPS) is 20.2. The minimum atomic E-state index is -0.280. The number of carbonyl (C=O) groups is 1. The molecule has 36 heavy (non-hydrogen) atoms. The number of hydrogen-bond acceptors (Lipinski definition) is 6. The number of piperidine rings is 2. The first-order valence-electron chi connectivity index (χ1n) is 12.2. The van der Waals surface area contributed by atoms with Crippen LogP contribution in [0.25, 0.3) is 20.7 Å². The molecule has 3 saturated heterocycles. The Labute approximate surface area is 212 Å². The van der Waals surface area contributed by atoms with E-state index in [4.69, 9.17) is 4.98 Å². The average molecular weight is 506 g/mol. The lowest BCUT2D eigenvalue weighted by molar-refractivity contribution is 0.113. The first-order chi connectivity index (χ1) is 17.4. The molecule has 10 heteroatoms. The Morgan fingerprint density at radius 3 is 2.64 bits per heavy atom. The van der Waals surface area contributed by atoms with Gasteiger partial charge in [0, 0.05) is 42.8 Å². The van der Waals surface area contributed by atoms with Gasteiger partial charge in [-0.25, -0.2) is 19.2 Å². The monoisotopic (exact) mass is 505 g/mol. The molecule has 1 aromatic carbocycles. The second-order valence-electron chi connectivity index (χ2n) is 9.74. The van der Waals surface area contributed by atoms with Crippen LogP contribution in [0.4, 0.5) is 15.0 Å². The van der Waals surface area contributed by atoms with Crippen molar-refractivity contribution in [3.63, 3.8) is 0 Å². The number of nitrogens with one attached hydrogen (secondary N) is 1. The molecule has 3 aromatic heterocycles. The summed E-state index contributed by atoms with van der Waals surface area (Å²) >= 11 is 1.70. The minimum absolute atomic E-state index is 0.0699. The van der Waals surface area contributed by atoms with Gasteiger partial charge in [0.2, 0.25) is 0 Å². The summed E-state index contributed by atoms with van der Waals surface area (Å²) in [7, 11) is 1.93. The summed E-state index contributed by atoms with van der Waals surface area (Å²) in [6.45, 7) is 5.34. The summed E-state index contributed by atoms with van der Waals surface area (Å²) in [5, 5.41) is 7.58. The van der Waals surface area contributed by atoms with E-state index in [0.29, 0.717) is 6.54 Å². The average Bonchev–Trinajstić information content (AvgIpc) is 3.46. The molecule has 3 aliphatic heterocycles. The van der Waals surface area contributed by atoms with Crippen LogP contribution in [0.5, 0.6) is 0 Å². The molecule has 0 spiro atoms. The van der Waals surface area contributed by atoms with Crippen LogP contribution in [0.2, 0.25) is 0 Å². The van der Waals surface area contributed by atoms with Crippen molar-refractivity contribution in [1.82, 2.24) is 30.0 Å². The number of piperazine rings is 1. The molecule has 3 atom stereocenters. The van der Waals surface area contributed by atoms with Gasteiger partial charge in [-0.3, -0.25) is 4.68 Å². The molecule has 8 nitrogen and oxygen atoms in total. The predicted octanol–water partition coefficient (Wildman–Crippen LogP) is 4.66. The quantitative estimate of drug-likeness (QED) is 0.436. The van der Waals surface area contributed by atoms with Crippen LogP contribution >= 0.6 is 11.3 Å². The first-order valence-corrected chi connectivity index (χ1v) is 13.0. The molecular formula is C26H28FN7OS. The summed E-state index contributed by atoms with van der Waals surface area (Å²) < 4.78 is 16.2. The maximum Gasteiger partial charge on any atom is 0.318 e. The number of urea groups is 1. The van der Waals surface area contributed by atoms with Gasteiger partial charge in [-0.15, -0.1) is 11.3 Å². The van der Waals surface area contributed by atoms with E-state index in [-0.39, 0.29) is 30.0 Å². The van der Waals surface area contributed by atoms with E-state index in [1.54, 1.807) is 29.8 Å². The van der Waals surface area contributed by atoms with Crippen molar-refractivity contribution in [2.75, 3.05) is 18.0 Å². The van der Waals surface area contributed by atoms with Crippen molar-refractivity contribution >= 4 is 33.4 Å². The highest BCUT2D eigenvalue weighted by Gasteiger charge is 2.42. The van der Waals surface area contributed by atoms with Crippen LogP contribution in [-0.2, 0) is 7.05 Å². The van der Waals surface area contributed by atoms with Gasteiger partial charge < -0.3 is 15.1 Å². The first kappa shape index (κ1) is 22.9. The Morgan fingerprint density at radius 1 is 1.17 bits per heavy atom. The van der Waals surface area contributed by atoms with Crippen LogP contribution in [0.1, 0.15) is 37.1 Å². The lowest BCUT2D eigenvalue weighted by Gasteiger charge is -2.51. The fourth-order valence-corrected chi connectivity index (χ4v) is 6.64. The molecule has 6 heterocycles. The van der Waals surface area contributed by atoms with Gasteiger partial charge in [0.15, 0.2) is 0 Å². The molecule has 3 aliphatic rings. The number of anilines is 1. The van der Waals surface area contributed by atoms with Gasteiger partial charge in [-0.1, -0.05) is 12.1 Å². The zero-order chi connectivity index (χ0) is 25.0. The Hall–Kier alpha value is -3.53. The second-order valence-corrected chi connectivity index (χ2v) is 10.8. The number of aromatic nitrogens is 4. The molecule has 0 aliphatic carbocycles. The Balaban J connectivity index is 1.22. The van der Waals surface area contributed by atoms with E-state index < -0.39 is 0 Å². The van der Waals surface area contributed by atoms with Crippen molar-refractivity contribution in [1.29, 1.82) is 0 Å². The largest absolute Gasteiger partial charge is 0.348 e. The number of amides is 2. The van der Waals surface area contributed by atoms with E-state index in [0.717, 1.165) is 57.1 Å². The Kier molecular flexibility index (Phi) is 5.63. The Bertz CT molecular complexity index is 1430. The van der Waals surface area contributed by atoms with E-state index >= 15 is 0 Å². The van der Waals surface area contributed by atoms with E-state index in [9.17, 15) is 9.18 Å². The standard InChI is InChI=1S/C26H28FN7OS/c1-15(17-4-6-18(27)7-5-17)30-26(35)34-12-19-8-9-20(34)11-33(19)25-24-22(28-14-29-25)10-23(36-24)21-13-32(3)31-16(21)2/h4-7,10,13-15,19-20H,8-9,11-12H2,1-3H3,(H,30,35)/t15-,19?,20?/m1/s1. The van der Waals surface area contributed by atoms with Crippen LogP contribution in [-0.4, -0.2) is 55.9 Å². The molecule has 186 valence electrons. The second kappa shape index (κ2) is 8.85. The van der Waals surface area contributed by atoms with Crippen LogP contribution in [0, 0.1) is 12.7 Å². The van der Waals surface area contributed by atoms with E-state index in [2.05, 4.69) is 26.4 Å². The number of hydrogen-bond donors (Lipinski definition) is 1. The minimum Gasteiger partial charge on any atom is -0.348 e. The third kappa shape index (κ3) is 3.99.